The Morgan fingerprint density at radius 3 is 2.63 bits per heavy atom. The van der Waals surface area contributed by atoms with E-state index in [1.54, 1.807) is 12.1 Å². The highest BCUT2D eigenvalue weighted by molar-refractivity contribution is 7.12. The highest BCUT2D eigenvalue weighted by atomic mass is 32.1. The first-order valence-electron chi connectivity index (χ1n) is 8.00. The zero-order chi connectivity index (χ0) is 19.0. The van der Waals surface area contributed by atoms with Crippen LogP contribution >= 0.6 is 22.7 Å². The molecule has 1 amide bonds. The lowest BCUT2D eigenvalue weighted by Crippen LogP contribution is -2.26. The van der Waals surface area contributed by atoms with Crippen LogP contribution in [-0.4, -0.2) is 26.7 Å². The molecule has 0 aliphatic carbocycles. The van der Waals surface area contributed by atoms with Crippen LogP contribution in [0.5, 0.6) is 5.75 Å². The van der Waals surface area contributed by atoms with Crippen LogP contribution in [0, 0.1) is 10.1 Å². The molecule has 1 aliphatic heterocycles. The summed E-state index contributed by atoms with van der Waals surface area (Å²) in [6.45, 7) is 0. The van der Waals surface area contributed by atoms with E-state index >= 15 is 0 Å². The van der Waals surface area contributed by atoms with Crippen LogP contribution in [0.4, 0.5) is 5.69 Å². The van der Waals surface area contributed by atoms with Gasteiger partial charge < -0.3 is 5.11 Å². The molecule has 136 valence electrons. The lowest BCUT2D eigenvalue weighted by Gasteiger charge is -2.22. The fourth-order valence-corrected chi connectivity index (χ4v) is 4.35. The SMILES string of the molecule is O=C(c1cccs1)N1N=C(c2cccs2)C[C@@H]1c1ccc([N+](=O)[O-])cc1O. The summed E-state index contributed by atoms with van der Waals surface area (Å²) in [5, 5.41) is 30.9. The van der Waals surface area contributed by atoms with Crippen molar-refractivity contribution in [3.8, 4) is 5.75 Å². The maximum atomic E-state index is 12.9. The van der Waals surface area contributed by atoms with Crippen LogP contribution in [0.25, 0.3) is 0 Å². The van der Waals surface area contributed by atoms with Gasteiger partial charge in [0.25, 0.3) is 11.6 Å². The molecule has 1 atom stereocenters. The number of aromatic hydroxyl groups is 1. The average Bonchev–Trinajstić information content (AvgIpc) is 3.41. The van der Waals surface area contributed by atoms with Gasteiger partial charge in [0.15, 0.2) is 0 Å². The van der Waals surface area contributed by atoms with Gasteiger partial charge in [-0.15, -0.1) is 22.7 Å². The van der Waals surface area contributed by atoms with E-state index in [9.17, 15) is 20.0 Å². The van der Waals surface area contributed by atoms with E-state index in [0.717, 1.165) is 16.7 Å². The summed E-state index contributed by atoms with van der Waals surface area (Å²) in [4.78, 5) is 24.8. The number of hydrazone groups is 1. The number of nitro groups is 1. The van der Waals surface area contributed by atoms with Gasteiger partial charge in [0.1, 0.15) is 5.75 Å². The molecule has 3 heterocycles. The van der Waals surface area contributed by atoms with Gasteiger partial charge in [-0.25, -0.2) is 5.01 Å². The largest absolute Gasteiger partial charge is 0.507 e. The fourth-order valence-electron chi connectivity index (χ4n) is 2.97. The number of carbonyl (C=O) groups is 1. The Morgan fingerprint density at radius 2 is 2.00 bits per heavy atom. The Hall–Kier alpha value is -3.04. The maximum Gasteiger partial charge on any atom is 0.284 e. The molecule has 2 aromatic heterocycles. The van der Waals surface area contributed by atoms with E-state index in [1.807, 2.05) is 22.9 Å². The quantitative estimate of drug-likeness (QED) is 0.519. The first kappa shape index (κ1) is 17.4. The minimum atomic E-state index is -0.569. The van der Waals surface area contributed by atoms with Crippen LogP contribution < -0.4 is 0 Å². The second-order valence-electron chi connectivity index (χ2n) is 5.87. The van der Waals surface area contributed by atoms with E-state index in [-0.39, 0.29) is 17.3 Å². The minimum absolute atomic E-state index is 0.204. The van der Waals surface area contributed by atoms with Crippen molar-refractivity contribution in [2.24, 2.45) is 5.10 Å². The Morgan fingerprint density at radius 1 is 1.22 bits per heavy atom. The van der Waals surface area contributed by atoms with Crippen LogP contribution in [0.1, 0.15) is 32.6 Å². The Labute approximate surface area is 162 Å². The third kappa shape index (κ3) is 3.22. The molecule has 0 fully saturated rings. The second-order valence-corrected chi connectivity index (χ2v) is 7.77. The second kappa shape index (κ2) is 6.93. The standard InChI is InChI=1S/C18H13N3O4S2/c22-15-9-11(21(24)25)5-6-12(15)14-10-13(16-3-1-7-26-16)19-20(14)18(23)17-4-2-8-27-17/h1-9,14,22H,10H2/t14-/m1/s1. The van der Waals surface area contributed by atoms with E-state index in [1.165, 1.54) is 39.8 Å². The lowest BCUT2D eigenvalue weighted by atomic mass is 9.99. The molecule has 27 heavy (non-hydrogen) atoms. The van der Waals surface area contributed by atoms with Gasteiger partial charge in [0.2, 0.25) is 0 Å². The van der Waals surface area contributed by atoms with Crippen LogP contribution in [-0.2, 0) is 0 Å². The number of benzene rings is 1. The highest BCUT2D eigenvalue weighted by Crippen LogP contribution is 2.40. The van der Waals surface area contributed by atoms with Gasteiger partial charge in [-0.1, -0.05) is 12.1 Å². The number of nitro benzene ring substituents is 1. The number of thiophene rings is 2. The van der Waals surface area contributed by atoms with Crippen LogP contribution in [0.3, 0.4) is 0 Å². The van der Waals surface area contributed by atoms with Gasteiger partial charge in [-0.3, -0.25) is 14.9 Å². The van der Waals surface area contributed by atoms with Gasteiger partial charge in [-0.2, -0.15) is 5.10 Å². The summed E-state index contributed by atoms with van der Waals surface area (Å²) < 4.78 is 0. The number of phenols is 1. The van der Waals surface area contributed by atoms with Gasteiger partial charge in [0.05, 0.1) is 32.5 Å². The number of rotatable bonds is 4. The molecule has 0 bridgehead atoms. The Balaban J connectivity index is 1.74. The molecule has 0 unspecified atom stereocenters. The summed E-state index contributed by atoms with van der Waals surface area (Å²) >= 11 is 2.84. The Bertz CT molecular complexity index is 1030. The van der Waals surface area contributed by atoms with Crippen molar-refractivity contribution in [2.45, 2.75) is 12.5 Å². The van der Waals surface area contributed by atoms with Gasteiger partial charge >= 0.3 is 0 Å². The van der Waals surface area contributed by atoms with Crippen molar-refractivity contribution in [1.82, 2.24) is 5.01 Å². The Kier molecular flexibility index (Phi) is 4.46. The molecule has 0 spiro atoms. The molecule has 1 aromatic carbocycles. The first-order valence-corrected chi connectivity index (χ1v) is 9.76. The number of non-ortho nitro benzene ring substituents is 1. The molecule has 1 N–H and O–H groups in total. The summed E-state index contributed by atoms with van der Waals surface area (Å²) in [7, 11) is 0. The molecular formula is C18H13N3O4S2. The van der Waals surface area contributed by atoms with Gasteiger partial charge in [0, 0.05) is 18.1 Å². The third-order valence-corrected chi connectivity index (χ3v) is 6.02. The first-order chi connectivity index (χ1) is 13.0. The highest BCUT2D eigenvalue weighted by Gasteiger charge is 2.36. The zero-order valence-corrected chi connectivity index (χ0v) is 15.4. The predicted molar refractivity (Wildman–Crippen MR) is 103 cm³/mol. The van der Waals surface area contributed by atoms with Crippen molar-refractivity contribution in [3.05, 3.63) is 78.7 Å². The van der Waals surface area contributed by atoms with Crippen molar-refractivity contribution < 1.29 is 14.8 Å². The van der Waals surface area contributed by atoms with Crippen molar-refractivity contribution >= 4 is 40.0 Å². The average molecular weight is 399 g/mol. The molecule has 4 rings (SSSR count). The monoisotopic (exact) mass is 399 g/mol. The van der Waals surface area contributed by atoms with Crippen molar-refractivity contribution in [3.63, 3.8) is 0 Å². The number of hydrogen-bond acceptors (Lipinski definition) is 7. The smallest absolute Gasteiger partial charge is 0.284 e. The van der Waals surface area contributed by atoms with Crippen molar-refractivity contribution in [2.75, 3.05) is 0 Å². The number of amides is 1. The molecular weight excluding hydrogens is 386 g/mol. The number of phenolic OH excluding ortho intramolecular Hbond substituents is 1. The zero-order valence-electron chi connectivity index (χ0n) is 13.8. The van der Waals surface area contributed by atoms with Gasteiger partial charge in [-0.05, 0) is 29.0 Å². The third-order valence-electron chi connectivity index (χ3n) is 4.24. The van der Waals surface area contributed by atoms with E-state index < -0.39 is 11.0 Å². The molecule has 3 aromatic rings. The lowest BCUT2D eigenvalue weighted by molar-refractivity contribution is -0.385. The predicted octanol–water partition coefficient (Wildman–Crippen LogP) is 4.41. The maximum absolute atomic E-state index is 12.9. The molecule has 0 saturated heterocycles. The minimum Gasteiger partial charge on any atom is -0.507 e. The number of hydrogen-bond donors (Lipinski definition) is 1. The molecule has 7 nitrogen and oxygen atoms in total. The fraction of sp³-hybridized carbons (Fsp3) is 0.111. The molecule has 0 saturated carbocycles. The van der Waals surface area contributed by atoms with E-state index in [0.29, 0.717) is 16.9 Å². The summed E-state index contributed by atoms with van der Waals surface area (Å²) in [5.74, 6) is -0.486. The summed E-state index contributed by atoms with van der Waals surface area (Å²) in [5.41, 5.74) is 0.975. The number of carbonyl (C=O) groups excluding carboxylic acids is 1. The van der Waals surface area contributed by atoms with E-state index in [2.05, 4.69) is 5.10 Å². The van der Waals surface area contributed by atoms with Crippen LogP contribution in [0.2, 0.25) is 0 Å². The van der Waals surface area contributed by atoms with E-state index in [4.69, 9.17) is 0 Å². The normalized spacial score (nSPS) is 16.4. The van der Waals surface area contributed by atoms with Crippen molar-refractivity contribution in [1.29, 1.82) is 0 Å². The number of nitrogens with zero attached hydrogens (tertiary/aromatic N) is 3. The molecule has 0 radical (unpaired) electrons. The molecule has 9 heteroatoms. The molecule has 1 aliphatic rings. The summed E-state index contributed by atoms with van der Waals surface area (Å²) in [6, 6.07) is 10.7. The topological polar surface area (TPSA) is 96.0 Å². The summed E-state index contributed by atoms with van der Waals surface area (Å²) in [6.07, 6.45) is 0.420. The van der Waals surface area contributed by atoms with Crippen LogP contribution in [0.15, 0.2) is 58.3 Å².